The lowest BCUT2D eigenvalue weighted by atomic mass is 10.2. The first kappa shape index (κ1) is 12.1. The zero-order chi connectivity index (χ0) is 12.4. The van der Waals surface area contributed by atoms with Crippen molar-refractivity contribution in [3.8, 4) is 0 Å². The monoisotopic (exact) mass is 263 g/mol. The van der Waals surface area contributed by atoms with Gasteiger partial charge in [0, 0.05) is 11.5 Å². The smallest absolute Gasteiger partial charge is 0.236 e. The lowest BCUT2D eigenvalue weighted by Crippen LogP contribution is -2.41. The first-order chi connectivity index (χ1) is 8.78. The molecule has 0 spiro atoms. The number of carbonyl (C=O) groups excluding carboxylic acids is 1. The van der Waals surface area contributed by atoms with Gasteiger partial charge in [0.1, 0.15) is 0 Å². The second-order valence-electron chi connectivity index (χ2n) is 4.94. The van der Waals surface area contributed by atoms with Crippen LogP contribution in [0.1, 0.15) is 19.3 Å². The molecule has 2 aliphatic rings. The number of benzene rings is 1. The number of nitrogens with one attached hydrogen (secondary N) is 1. The van der Waals surface area contributed by atoms with E-state index in [0.717, 1.165) is 25.9 Å². The summed E-state index contributed by atoms with van der Waals surface area (Å²) in [5.41, 5.74) is 0. The van der Waals surface area contributed by atoms with E-state index in [1.54, 1.807) is 11.8 Å². The molecule has 3 nitrogen and oxygen atoms in total. The maximum absolute atomic E-state index is 12.3. The largest absolute Gasteiger partial charge is 0.379 e. The van der Waals surface area contributed by atoms with Crippen LogP contribution in [0.25, 0.3) is 0 Å². The van der Waals surface area contributed by atoms with Gasteiger partial charge in [0.15, 0.2) is 0 Å². The van der Waals surface area contributed by atoms with Crippen molar-refractivity contribution < 1.29 is 9.53 Å². The molecule has 0 radical (unpaired) electrons. The lowest BCUT2D eigenvalue weighted by molar-refractivity contribution is -0.121. The highest BCUT2D eigenvalue weighted by Crippen LogP contribution is 2.51. The summed E-state index contributed by atoms with van der Waals surface area (Å²) in [5.74, 6) is 0.187. The molecule has 1 saturated heterocycles. The van der Waals surface area contributed by atoms with E-state index < -0.39 is 0 Å². The third-order valence-electron chi connectivity index (χ3n) is 3.44. The van der Waals surface area contributed by atoms with Gasteiger partial charge >= 0.3 is 0 Å². The van der Waals surface area contributed by atoms with Crippen molar-refractivity contribution in [2.45, 2.75) is 34.9 Å². The van der Waals surface area contributed by atoms with Crippen LogP contribution in [0.4, 0.5) is 0 Å². The Kier molecular flexibility index (Phi) is 3.31. The molecular formula is C14H17NO2S. The average Bonchev–Trinajstić information content (AvgIpc) is 2.99. The molecule has 0 aromatic heterocycles. The van der Waals surface area contributed by atoms with Gasteiger partial charge < -0.3 is 10.1 Å². The molecule has 1 aliphatic carbocycles. The van der Waals surface area contributed by atoms with Crippen LogP contribution in [0.15, 0.2) is 35.2 Å². The Balaban J connectivity index is 1.62. The number of amides is 1. The predicted octanol–water partition coefficient (Wildman–Crippen LogP) is 2.22. The molecule has 1 aromatic rings. The molecule has 0 bridgehead atoms. The number of rotatable bonds is 4. The fourth-order valence-electron chi connectivity index (χ4n) is 2.17. The Morgan fingerprint density at radius 1 is 1.33 bits per heavy atom. The highest BCUT2D eigenvalue weighted by atomic mass is 32.2. The van der Waals surface area contributed by atoms with Crippen molar-refractivity contribution >= 4 is 17.7 Å². The quantitative estimate of drug-likeness (QED) is 0.905. The van der Waals surface area contributed by atoms with E-state index in [0.29, 0.717) is 6.61 Å². The van der Waals surface area contributed by atoms with Crippen LogP contribution in [-0.2, 0) is 9.53 Å². The van der Waals surface area contributed by atoms with Crippen molar-refractivity contribution in [2.75, 3.05) is 13.2 Å². The minimum atomic E-state index is -0.218. The molecule has 1 amide bonds. The second-order valence-corrected chi connectivity index (χ2v) is 6.40. The van der Waals surface area contributed by atoms with Gasteiger partial charge in [-0.25, -0.2) is 0 Å². The first-order valence-electron chi connectivity index (χ1n) is 6.41. The first-order valence-corrected chi connectivity index (χ1v) is 7.23. The Hall–Kier alpha value is -1.00. The highest BCUT2D eigenvalue weighted by Gasteiger charge is 2.51. The third kappa shape index (κ3) is 2.54. The van der Waals surface area contributed by atoms with Crippen LogP contribution < -0.4 is 5.32 Å². The van der Waals surface area contributed by atoms with Crippen molar-refractivity contribution in [1.82, 2.24) is 5.32 Å². The number of ether oxygens (including phenoxy) is 1. The molecule has 96 valence electrons. The van der Waals surface area contributed by atoms with Gasteiger partial charge in [-0.05, 0) is 31.4 Å². The van der Waals surface area contributed by atoms with Crippen molar-refractivity contribution in [3.63, 3.8) is 0 Å². The summed E-state index contributed by atoms with van der Waals surface area (Å²) in [6.45, 7) is 1.43. The van der Waals surface area contributed by atoms with E-state index >= 15 is 0 Å². The molecule has 1 unspecified atom stereocenters. The van der Waals surface area contributed by atoms with E-state index in [4.69, 9.17) is 4.74 Å². The Morgan fingerprint density at radius 3 is 2.72 bits per heavy atom. The van der Waals surface area contributed by atoms with Crippen molar-refractivity contribution in [2.24, 2.45) is 0 Å². The van der Waals surface area contributed by atoms with Gasteiger partial charge in [-0.1, -0.05) is 18.2 Å². The molecule has 3 rings (SSSR count). The SMILES string of the molecule is O=C(NC1CCOC1)C1(Sc2ccccc2)CC1. The summed E-state index contributed by atoms with van der Waals surface area (Å²) in [7, 11) is 0. The van der Waals surface area contributed by atoms with Crippen molar-refractivity contribution in [1.29, 1.82) is 0 Å². The van der Waals surface area contributed by atoms with E-state index in [2.05, 4.69) is 17.4 Å². The van der Waals surface area contributed by atoms with Gasteiger partial charge in [0.25, 0.3) is 0 Å². The van der Waals surface area contributed by atoms with Crippen LogP contribution >= 0.6 is 11.8 Å². The van der Waals surface area contributed by atoms with Crippen LogP contribution in [0.2, 0.25) is 0 Å². The summed E-state index contributed by atoms with van der Waals surface area (Å²) in [6.07, 6.45) is 2.90. The minimum Gasteiger partial charge on any atom is -0.379 e. The molecule has 1 aromatic carbocycles. The topological polar surface area (TPSA) is 38.3 Å². The Morgan fingerprint density at radius 2 is 2.11 bits per heavy atom. The summed E-state index contributed by atoms with van der Waals surface area (Å²) < 4.78 is 5.07. The highest BCUT2D eigenvalue weighted by molar-refractivity contribution is 8.01. The molecule has 1 saturated carbocycles. The number of hydrogen-bond donors (Lipinski definition) is 1. The summed E-state index contributed by atoms with van der Waals surface area (Å²) in [4.78, 5) is 13.5. The molecule has 18 heavy (non-hydrogen) atoms. The number of hydrogen-bond acceptors (Lipinski definition) is 3. The maximum atomic E-state index is 12.3. The maximum Gasteiger partial charge on any atom is 0.236 e. The zero-order valence-corrected chi connectivity index (χ0v) is 11.0. The van der Waals surface area contributed by atoms with E-state index in [9.17, 15) is 4.79 Å². The summed E-state index contributed by atoms with van der Waals surface area (Å²) in [6, 6.07) is 10.4. The second kappa shape index (κ2) is 4.94. The van der Waals surface area contributed by atoms with E-state index in [1.165, 1.54) is 4.90 Å². The van der Waals surface area contributed by atoms with Crippen molar-refractivity contribution in [3.05, 3.63) is 30.3 Å². The fraction of sp³-hybridized carbons (Fsp3) is 0.500. The average molecular weight is 263 g/mol. The van der Waals surface area contributed by atoms with Gasteiger partial charge in [0.2, 0.25) is 5.91 Å². The van der Waals surface area contributed by atoms with Crippen LogP contribution in [0, 0.1) is 0 Å². The lowest BCUT2D eigenvalue weighted by Gasteiger charge is -2.18. The minimum absolute atomic E-state index is 0.187. The predicted molar refractivity (Wildman–Crippen MR) is 71.6 cm³/mol. The Bertz CT molecular complexity index is 425. The standard InChI is InChI=1S/C14H17NO2S/c16-13(15-11-6-9-17-10-11)14(7-8-14)18-12-4-2-1-3-5-12/h1-5,11H,6-10H2,(H,15,16). The van der Waals surface area contributed by atoms with Crippen LogP contribution in [0.5, 0.6) is 0 Å². The Labute approximate surface area is 111 Å². The fourth-order valence-corrected chi connectivity index (χ4v) is 3.37. The normalized spacial score (nSPS) is 24.8. The molecule has 1 heterocycles. The third-order valence-corrected chi connectivity index (χ3v) is 4.93. The molecule has 1 aliphatic heterocycles. The zero-order valence-electron chi connectivity index (χ0n) is 10.2. The van der Waals surface area contributed by atoms with Crippen LogP contribution in [-0.4, -0.2) is 29.9 Å². The van der Waals surface area contributed by atoms with E-state index in [-0.39, 0.29) is 16.7 Å². The summed E-state index contributed by atoms with van der Waals surface area (Å²) >= 11 is 1.70. The molecule has 4 heteroatoms. The molecule has 2 fully saturated rings. The van der Waals surface area contributed by atoms with Gasteiger partial charge in [0.05, 0.1) is 17.4 Å². The molecule has 1 N–H and O–H groups in total. The van der Waals surface area contributed by atoms with Crippen LogP contribution in [0.3, 0.4) is 0 Å². The van der Waals surface area contributed by atoms with Gasteiger partial charge in [-0.15, -0.1) is 11.8 Å². The van der Waals surface area contributed by atoms with Gasteiger partial charge in [-0.2, -0.15) is 0 Å². The van der Waals surface area contributed by atoms with Gasteiger partial charge in [-0.3, -0.25) is 4.79 Å². The number of carbonyl (C=O) groups is 1. The molecule has 1 atom stereocenters. The number of thioether (sulfide) groups is 1. The molecular weight excluding hydrogens is 246 g/mol. The summed E-state index contributed by atoms with van der Waals surface area (Å²) in [5, 5.41) is 3.12. The van der Waals surface area contributed by atoms with E-state index in [1.807, 2.05) is 18.2 Å².